The van der Waals surface area contributed by atoms with Crippen LogP contribution in [0.2, 0.25) is 0 Å². The number of nitrogens with zero attached hydrogens (tertiary/aromatic N) is 1. The Morgan fingerprint density at radius 1 is 1.64 bits per heavy atom. The van der Waals surface area contributed by atoms with Crippen molar-refractivity contribution in [1.29, 1.82) is 0 Å². The molecular formula is C10H16N2O2. The second-order valence-corrected chi connectivity index (χ2v) is 4.27. The number of aliphatic hydroxyl groups excluding tert-OH is 1. The van der Waals surface area contributed by atoms with Crippen molar-refractivity contribution in [2.24, 2.45) is 0 Å². The molecule has 78 valence electrons. The van der Waals surface area contributed by atoms with Crippen LogP contribution in [0.1, 0.15) is 31.3 Å². The fourth-order valence-electron chi connectivity index (χ4n) is 1.55. The van der Waals surface area contributed by atoms with Crippen LogP contribution in [0.25, 0.3) is 0 Å². The van der Waals surface area contributed by atoms with Crippen LogP contribution >= 0.6 is 0 Å². The number of hydrogen-bond acceptors (Lipinski definition) is 3. The molecule has 0 aromatic carbocycles. The first kappa shape index (κ1) is 9.68. The molecule has 2 N–H and O–H groups in total. The molecule has 1 saturated heterocycles. The van der Waals surface area contributed by atoms with Crippen LogP contribution in [-0.4, -0.2) is 34.9 Å². The summed E-state index contributed by atoms with van der Waals surface area (Å²) in [6.45, 7) is 5.45. The van der Waals surface area contributed by atoms with Crippen molar-refractivity contribution < 1.29 is 9.84 Å². The molecule has 0 atom stereocenters. The number of nitrogens with one attached hydrogen (secondary N) is 1. The van der Waals surface area contributed by atoms with Gasteiger partial charge < -0.3 is 14.8 Å². The minimum absolute atomic E-state index is 0.0953. The van der Waals surface area contributed by atoms with E-state index in [2.05, 4.69) is 23.8 Å². The van der Waals surface area contributed by atoms with Crippen molar-refractivity contribution in [3.05, 3.63) is 17.7 Å². The third kappa shape index (κ3) is 1.35. The highest BCUT2D eigenvalue weighted by molar-refractivity contribution is 5.17. The summed E-state index contributed by atoms with van der Waals surface area (Å²) in [5.41, 5.74) is 0.840. The zero-order valence-corrected chi connectivity index (χ0v) is 8.58. The fraction of sp³-hybridized carbons (Fsp3) is 0.700. The summed E-state index contributed by atoms with van der Waals surface area (Å²) >= 11 is 0. The van der Waals surface area contributed by atoms with Gasteiger partial charge in [0.05, 0.1) is 25.2 Å². The topological polar surface area (TPSA) is 58.1 Å². The predicted molar refractivity (Wildman–Crippen MR) is 52.3 cm³/mol. The summed E-state index contributed by atoms with van der Waals surface area (Å²) in [4.78, 5) is 7.56. The van der Waals surface area contributed by atoms with E-state index in [9.17, 15) is 5.11 Å². The van der Waals surface area contributed by atoms with Gasteiger partial charge in [0.15, 0.2) is 0 Å². The van der Waals surface area contributed by atoms with Gasteiger partial charge in [0.25, 0.3) is 0 Å². The van der Waals surface area contributed by atoms with Gasteiger partial charge in [-0.1, -0.05) is 13.8 Å². The van der Waals surface area contributed by atoms with Gasteiger partial charge in [-0.3, -0.25) is 0 Å². The van der Waals surface area contributed by atoms with Crippen LogP contribution in [0.15, 0.2) is 6.20 Å². The van der Waals surface area contributed by atoms with Crippen molar-refractivity contribution in [1.82, 2.24) is 9.97 Å². The molecular weight excluding hydrogens is 180 g/mol. The quantitative estimate of drug-likeness (QED) is 0.751. The number of H-pyrrole nitrogens is 1. The van der Waals surface area contributed by atoms with Crippen molar-refractivity contribution in [2.45, 2.75) is 25.2 Å². The standard InChI is InChI=1S/C10H16N2O2/c1-7(2)8-3-11-9(12-8)10(4-13)5-14-6-10/h3,7,13H,4-6H2,1-2H3,(H,11,12). The number of hydrogen-bond donors (Lipinski definition) is 2. The Bertz CT molecular complexity index is 310. The number of aromatic nitrogens is 2. The van der Waals surface area contributed by atoms with E-state index in [-0.39, 0.29) is 12.0 Å². The largest absolute Gasteiger partial charge is 0.395 e. The number of aromatic amines is 1. The van der Waals surface area contributed by atoms with Crippen LogP contribution in [0.4, 0.5) is 0 Å². The number of imidazole rings is 1. The van der Waals surface area contributed by atoms with E-state index in [1.165, 1.54) is 0 Å². The van der Waals surface area contributed by atoms with Gasteiger partial charge in [-0.05, 0) is 5.92 Å². The molecule has 2 heterocycles. The van der Waals surface area contributed by atoms with Gasteiger partial charge in [-0.2, -0.15) is 0 Å². The second kappa shape index (κ2) is 3.37. The Kier molecular flexibility index (Phi) is 2.33. The molecule has 4 nitrogen and oxygen atoms in total. The molecule has 1 fully saturated rings. The van der Waals surface area contributed by atoms with E-state index in [0.717, 1.165) is 11.5 Å². The number of rotatable bonds is 3. The van der Waals surface area contributed by atoms with Crippen LogP contribution in [0, 0.1) is 0 Å². The molecule has 4 heteroatoms. The predicted octanol–water partition coefficient (Wildman–Crippen LogP) is 0.793. The smallest absolute Gasteiger partial charge is 0.119 e. The van der Waals surface area contributed by atoms with Gasteiger partial charge in [0.1, 0.15) is 5.82 Å². The van der Waals surface area contributed by atoms with Crippen molar-refractivity contribution in [3.63, 3.8) is 0 Å². The maximum Gasteiger partial charge on any atom is 0.119 e. The van der Waals surface area contributed by atoms with Crippen molar-refractivity contribution in [3.8, 4) is 0 Å². The minimum atomic E-state index is -0.271. The molecule has 0 radical (unpaired) electrons. The first-order valence-electron chi connectivity index (χ1n) is 4.92. The second-order valence-electron chi connectivity index (χ2n) is 4.27. The van der Waals surface area contributed by atoms with E-state index in [0.29, 0.717) is 19.1 Å². The monoisotopic (exact) mass is 196 g/mol. The first-order chi connectivity index (χ1) is 6.68. The third-order valence-corrected chi connectivity index (χ3v) is 2.78. The summed E-state index contributed by atoms with van der Waals surface area (Å²) in [7, 11) is 0. The lowest BCUT2D eigenvalue weighted by Crippen LogP contribution is -2.50. The SMILES string of the molecule is CC(C)c1cnc(C2(CO)COC2)[nH]1. The highest BCUT2D eigenvalue weighted by Gasteiger charge is 2.42. The summed E-state index contributed by atoms with van der Waals surface area (Å²) in [6, 6.07) is 0. The van der Waals surface area contributed by atoms with Crippen LogP contribution in [0.3, 0.4) is 0 Å². The van der Waals surface area contributed by atoms with Crippen LogP contribution < -0.4 is 0 Å². The molecule has 1 aliphatic rings. The molecule has 14 heavy (non-hydrogen) atoms. The third-order valence-electron chi connectivity index (χ3n) is 2.78. The van der Waals surface area contributed by atoms with E-state index in [1.807, 2.05) is 6.20 Å². The van der Waals surface area contributed by atoms with Gasteiger partial charge in [-0.25, -0.2) is 4.98 Å². The maximum absolute atomic E-state index is 9.30. The highest BCUT2D eigenvalue weighted by atomic mass is 16.5. The van der Waals surface area contributed by atoms with Gasteiger partial charge in [0, 0.05) is 11.9 Å². The van der Waals surface area contributed by atoms with E-state index >= 15 is 0 Å². The molecule has 1 aliphatic heterocycles. The Labute approximate surface area is 83.3 Å². The molecule has 0 unspecified atom stereocenters. The van der Waals surface area contributed by atoms with Gasteiger partial charge in [-0.15, -0.1) is 0 Å². The highest BCUT2D eigenvalue weighted by Crippen LogP contribution is 2.30. The Balaban J connectivity index is 2.23. The summed E-state index contributed by atoms with van der Waals surface area (Å²) < 4.78 is 5.13. The van der Waals surface area contributed by atoms with Crippen LogP contribution in [0.5, 0.6) is 0 Å². The Hall–Kier alpha value is -0.870. The molecule has 1 aromatic rings. The molecule has 0 amide bonds. The molecule has 1 aromatic heterocycles. The Morgan fingerprint density at radius 2 is 2.36 bits per heavy atom. The fourth-order valence-corrected chi connectivity index (χ4v) is 1.55. The average Bonchev–Trinajstić information content (AvgIpc) is 2.52. The lowest BCUT2D eigenvalue weighted by molar-refractivity contribution is -0.0881. The Morgan fingerprint density at radius 3 is 2.71 bits per heavy atom. The molecule has 0 bridgehead atoms. The van der Waals surface area contributed by atoms with E-state index < -0.39 is 0 Å². The van der Waals surface area contributed by atoms with Crippen LogP contribution in [-0.2, 0) is 10.2 Å². The zero-order valence-electron chi connectivity index (χ0n) is 8.58. The van der Waals surface area contributed by atoms with Gasteiger partial charge in [0.2, 0.25) is 0 Å². The summed E-state index contributed by atoms with van der Waals surface area (Å²) in [6.07, 6.45) is 1.84. The normalized spacial score (nSPS) is 19.7. The molecule has 2 rings (SSSR count). The average molecular weight is 196 g/mol. The first-order valence-corrected chi connectivity index (χ1v) is 4.92. The molecule has 0 aliphatic carbocycles. The van der Waals surface area contributed by atoms with E-state index in [4.69, 9.17) is 4.74 Å². The summed E-state index contributed by atoms with van der Waals surface area (Å²) in [5, 5.41) is 9.30. The zero-order chi connectivity index (χ0) is 10.2. The lowest BCUT2D eigenvalue weighted by Gasteiger charge is -2.37. The maximum atomic E-state index is 9.30. The molecule has 0 spiro atoms. The lowest BCUT2D eigenvalue weighted by atomic mass is 9.86. The summed E-state index contributed by atoms with van der Waals surface area (Å²) in [5.74, 6) is 1.29. The number of ether oxygens (including phenoxy) is 1. The molecule has 0 saturated carbocycles. The van der Waals surface area contributed by atoms with Gasteiger partial charge >= 0.3 is 0 Å². The van der Waals surface area contributed by atoms with Crippen molar-refractivity contribution in [2.75, 3.05) is 19.8 Å². The minimum Gasteiger partial charge on any atom is -0.395 e. The number of aliphatic hydroxyl groups is 1. The van der Waals surface area contributed by atoms with E-state index in [1.54, 1.807) is 0 Å². The van der Waals surface area contributed by atoms with Crippen molar-refractivity contribution >= 4 is 0 Å².